The van der Waals surface area contributed by atoms with E-state index in [-0.39, 0.29) is 0 Å². The summed E-state index contributed by atoms with van der Waals surface area (Å²) in [5.74, 6) is -0.833. The number of aliphatic carboxylic acids is 1. The molecule has 1 heterocycles. The van der Waals surface area contributed by atoms with E-state index in [0.717, 1.165) is 24.3 Å². The third kappa shape index (κ3) is 4.10. The van der Waals surface area contributed by atoms with Crippen LogP contribution in [0.4, 0.5) is 0 Å². The summed E-state index contributed by atoms with van der Waals surface area (Å²) in [5.41, 5.74) is 2.87. The molecule has 0 radical (unpaired) electrons. The number of carbonyl (C=O) groups excluding carboxylic acids is 1. The number of carboxylic acid groups (broad SMARTS) is 1. The molecule has 0 bridgehead atoms. The lowest BCUT2D eigenvalue weighted by Crippen LogP contribution is -1.81. The third-order valence-corrected chi connectivity index (χ3v) is 1.56. The predicted molar refractivity (Wildman–Crippen MR) is 49.0 cm³/mol. The molecule has 1 aromatic rings. The van der Waals surface area contributed by atoms with Gasteiger partial charge in [-0.3, -0.25) is 9.59 Å². The molecule has 4 nitrogen and oxygen atoms in total. The van der Waals surface area contributed by atoms with E-state index in [1.54, 1.807) is 0 Å². The molecular weight excluding hydrogens is 170 g/mol. The molecule has 0 aliphatic carbocycles. The van der Waals surface area contributed by atoms with Gasteiger partial charge < -0.3 is 10.1 Å². The van der Waals surface area contributed by atoms with E-state index in [1.165, 1.54) is 0 Å². The first-order valence-electron chi connectivity index (χ1n) is 3.78. The molecule has 0 aromatic carbocycles. The first-order valence-corrected chi connectivity index (χ1v) is 3.78. The van der Waals surface area contributed by atoms with Crippen LogP contribution in [0.5, 0.6) is 0 Å². The Morgan fingerprint density at radius 2 is 2.00 bits per heavy atom. The first kappa shape index (κ1) is 11.4. The number of aromatic nitrogens is 1. The molecule has 4 heteroatoms. The molecule has 0 amide bonds. The van der Waals surface area contributed by atoms with Gasteiger partial charge in [0.25, 0.3) is 5.97 Å². The monoisotopic (exact) mass is 183 g/mol. The molecule has 1 rings (SSSR count). The largest absolute Gasteiger partial charge is 0.481 e. The average molecular weight is 183 g/mol. The van der Waals surface area contributed by atoms with Crippen molar-refractivity contribution in [3.05, 3.63) is 23.0 Å². The topological polar surface area (TPSA) is 70.2 Å². The maximum atomic E-state index is 10.2. The van der Waals surface area contributed by atoms with Gasteiger partial charge in [0.05, 0.1) is 5.69 Å². The quantitative estimate of drug-likeness (QED) is 0.649. The maximum absolute atomic E-state index is 10.2. The van der Waals surface area contributed by atoms with Gasteiger partial charge in [-0.2, -0.15) is 0 Å². The van der Waals surface area contributed by atoms with Crippen molar-refractivity contribution >= 4 is 12.3 Å². The molecule has 1 aromatic heterocycles. The fourth-order valence-electron chi connectivity index (χ4n) is 0.737. The number of carboxylic acids is 1. The Bertz CT molecular complexity index is 298. The highest BCUT2D eigenvalue weighted by Gasteiger charge is 1.99. The standard InChI is InChI=1S/C7H9NO.C2H4O2/c1-5-3-8-7(4-9)6(5)2;1-2(3)4/h3-4,8H,1-2H3;1H3,(H,3,4). The van der Waals surface area contributed by atoms with Crippen LogP contribution < -0.4 is 0 Å². The molecule has 0 aliphatic heterocycles. The molecule has 0 saturated carbocycles. The van der Waals surface area contributed by atoms with Crippen LogP contribution in [0.1, 0.15) is 28.5 Å². The number of hydrogen-bond acceptors (Lipinski definition) is 2. The van der Waals surface area contributed by atoms with Gasteiger partial charge in [-0.25, -0.2) is 0 Å². The summed E-state index contributed by atoms with van der Waals surface area (Å²) in [7, 11) is 0. The molecule has 72 valence electrons. The normalized spacial score (nSPS) is 8.54. The van der Waals surface area contributed by atoms with Crippen LogP contribution in [0.25, 0.3) is 0 Å². The molecule has 0 atom stereocenters. The number of aryl methyl sites for hydroxylation is 1. The molecule has 0 unspecified atom stereocenters. The molecule has 13 heavy (non-hydrogen) atoms. The summed E-state index contributed by atoms with van der Waals surface area (Å²) in [6.07, 6.45) is 2.67. The summed E-state index contributed by atoms with van der Waals surface area (Å²) >= 11 is 0. The molecule has 0 fully saturated rings. The Kier molecular flexibility index (Phi) is 4.51. The zero-order valence-electron chi connectivity index (χ0n) is 7.92. The van der Waals surface area contributed by atoms with E-state index in [2.05, 4.69) is 4.98 Å². The van der Waals surface area contributed by atoms with Crippen LogP contribution in [-0.2, 0) is 4.79 Å². The number of rotatable bonds is 1. The SMILES string of the molecule is CC(=O)O.Cc1c[nH]c(C=O)c1C. The zero-order valence-corrected chi connectivity index (χ0v) is 7.92. The van der Waals surface area contributed by atoms with Crippen molar-refractivity contribution in [1.29, 1.82) is 0 Å². The van der Waals surface area contributed by atoms with Gasteiger partial charge in [0, 0.05) is 13.1 Å². The Balaban J connectivity index is 0.000000310. The molecule has 0 saturated heterocycles. The van der Waals surface area contributed by atoms with Gasteiger partial charge in [-0.1, -0.05) is 0 Å². The minimum absolute atomic E-state index is 0.688. The van der Waals surface area contributed by atoms with Crippen molar-refractivity contribution in [2.24, 2.45) is 0 Å². The second-order valence-electron chi connectivity index (χ2n) is 2.65. The fourth-order valence-corrected chi connectivity index (χ4v) is 0.737. The molecular formula is C9H13NO3. The van der Waals surface area contributed by atoms with Crippen molar-refractivity contribution in [3.8, 4) is 0 Å². The molecule has 2 N–H and O–H groups in total. The van der Waals surface area contributed by atoms with Crippen LogP contribution in [0.3, 0.4) is 0 Å². The highest BCUT2D eigenvalue weighted by Crippen LogP contribution is 2.07. The van der Waals surface area contributed by atoms with Crippen molar-refractivity contribution in [2.75, 3.05) is 0 Å². The second-order valence-corrected chi connectivity index (χ2v) is 2.65. The van der Waals surface area contributed by atoms with Crippen LogP contribution in [0.2, 0.25) is 0 Å². The van der Waals surface area contributed by atoms with E-state index in [1.807, 2.05) is 20.0 Å². The van der Waals surface area contributed by atoms with Crippen LogP contribution >= 0.6 is 0 Å². The van der Waals surface area contributed by atoms with E-state index in [0.29, 0.717) is 5.69 Å². The summed E-state index contributed by atoms with van der Waals surface area (Å²) in [6.45, 7) is 4.98. The zero-order chi connectivity index (χ0) is 10.4. The van der Waals surface area contributed by atoms with E-state index < -0.39 is 5.97 Å². The van der Waals surface area contributed by atoms with E-state index in [9.17, 15) is 4.79 Å². The lowest BCUT2D eigenvalue weighted by atomic mass is 10.2. The van der Waals surface area contributed by atoms with Gasteiger partial charge >= 0.3 is 0 Å². The Morgan fingerprint density at radius 3 is 2.15 bits per heavy atom. The maximum Gasteiger partial charge on any atom is 0.300 e. The Labute approximate surface area is 76.6 Å². The number of aromatic amines is 1. The van der Waals surface area contributed by atoms with Gasteiger partial charge in [-0.15, -0.1) is 0 Å². The van der Waals surface area contributed by atoms with E-state index in [4.69, 9.17) is 9.90 Å². The molecule has 0 spiro atoms. The minimum Gasteiger partial charge on any atom is -0.481 e. The number of carbonyl (C=O) groups is 2. The first-order chi connectivity index (χ1) is 5.99. The van der Waals surface area contributed by atoms with Crippen LogP contribution in [-0.4, -0.2) is 22.3 Å². The highest BCUT2D eigenvalue weighted by molar-refractivity contribution is 5.75. The summed E-state index contributed by atoms with van der Waals surface area (Å²) in [6, 6.07) is 0. The lowest BCUT2D eigenvalue weighted by molar-refractivity contribution is -0.134. The predicted octanol–water partition coefficient (Wildman–Crippen LogP) is 1.53. The summed E-state index contributed by atoms with van der Waals surface area (Å²) in [4.78, 5) is 22.1. The molecule has 0 aliphatic rings. The van der Waals surface area contributed by atoms with Crippen LogP contribution in [0.15, 0.2) is 6.20 Å². The van der Waals surface area contributed by atoms with Crippen molar-refractivity contribution in [1.82, 2.24) is 4.98 Å². The van der Waals surface area contributed by atoms with Gasteiger partial charge in [-0.05, 0) is 25.0 Å². The number of H-pyrrole nitrogens is 1. The lowest BCUT2D eigenvalue weighted by Gasteiger charge is -1.85. The number of aldehydes is 1. The Hall–Kier alpha value is -1.58. The summed E-state index contributed by atoms with van der Waals surface area (Å²) < 4.78 is 0. The van der Waals surface area contributed by atoms with Crippen LogP contribution in [0, 0.1) is 13.8 Å². The van der Waals surface area contributed by atoms with Gasteiger partial charge in [0.1, 0.15) is 0 Å². The van der Waals surface area contributed by atoms with E-state index >= 15 is 0 Å². The van der Waals surface area contributed by atoms with Gasteiger partial charge in [0.2, 0.25) is 0 Å². The van der Waals surface area contributed by atoms with Crippen molar-refractivity contribution in [3.63, 3.8) is 0 Å². The number of nitrogens with one attached hydrogen (secondary N) is 1. The van der Waals surface area contributed by atoms with Crippen molar-refractivity contribution in [2.45, 2.75) is 20.8 Å². The Morgan fingerprint density at radius 1 is 1.54 bits per heavy atom. The summed E-state index contributed by atoms with van der Waals surface area (Å²) in [5, 5.41) is 7.42. The average Bonchev–Trinajstić information content (AvgIpc) is 2.32. The third-order valence-electron chi connectivity index (χ3n) is 1.56. The van der Waals surface area contributed by atoms with Gasteiger partial charge in [0.15, 0.2) is 6.29 Å². The number of hydrogen-bond donors (Lipinski definition) is 2. The van der Waals surface area contributed by atoms with Crippen molar-refractivity contribution < 1.29 is 14.7 Å². The smallest absolute Gasteiger partial charge is 0.300 e. The minimum atomic E-state index is -0.833. The highest BCUT2D eigenvalue weighted by atomic mass is 16.4. The fraction of sp³-hybridized carbons (Fsp3) is 0.333. The second kappa shape index (κ2) is 5.13.